The number of unbranched alkanes of at least 4 members (excludes halogenated alkanes) is 3. The van der Waals surface area contributed by atoms with Crippen LogP contribution in [0.1, 0.15) is 32.6 Å². The van der Waals surface area contributed by atoms with Crippen LogP contribution in [0.5, 0.6) is 0 Å². The predicted molar refractivity (Wildman–Crippen MR) is 57.9 cm³/mol. The van der Waals surface area contributed by atoms with Gasteiger partial charge in [-0.3, -0.25) is 4.79 Å². The van der Waals surface area contributed by atoms with Gasteiger partial charge in [-0.25, -0.2) is 4.79 Å². The summed E-state index contributed by atoms with van der Waals surface area (Å²) < 4.78 is 4.75. The largest absolute Gasteiger partial charge is 0.479 e. The molecule has 0 spiro atoms. The van der Waals surface area contributed by atoms with E-state index in [-0.39, 0.29) is 5.12 Å². The average molecular weight is 232 g/mol. The standard InChI is InChI=1S/C10H16O4S/c1-2-3-4-5-6-15-10(13)8-7(14-8)9(11)12/h7-8H,2-6H2,1H3,(H,11,12). The van der Waals surface area contributed by atoms with E-state index in [1.807, 2.05) is 0 Å². The molecule has 0 saturated carbocycles. The Balaban J connectivity index is 2.03. The average Bonchev–Trinajstić information content (AvgIpc) is 2.96. The maximum atomic E-state index is 11.3. The lowest BCUT2D eigenvalue weighted by atomic mass is 10.2. The van der Waals surface area contributed by atoms with Crippen molar-refractivity contribution in [1.82, 2.24) is 0 Å². The van der Waals surface area contributed by atoms with Gasteiger partial charge in [-0.15, -0.1) is 0 Å². The van der Waals surface area contributed by atoms with Crippen molar-refractivity contribution in [2.24, 2.45) is 0 Å². The zero-order valence-corrected chi connectivity index (χ0v) is 9.59. The molecule has 15 heavy (non-hydrogen) atoms. The molecule has 2 atom stereocenters. The predicted octanol–water partition coefficient (Wildman–Crippen LogP) is 1.68. The highest BCUT2D eigenvalue weighted by Gasteiger charge is 2.50. The van der Waals surface area contributed by atoms with Crippen LogP contribution in [0.15, 0.2) is 0 Å². The van der Waals surface area contributed by atoms with Crippen molar-refractivity contribution in [3.05, 3.63) is 0 Å². The van der Waals surface area contributed by atoms with E-state index in [9.17, 15) is 9.59 Å². The summed E-state index contributed by atoms with van der Waals surface area (Å²) in [6.45, 7) is 2.13. The fourth-order valence-electron chi connectivity index (χ4n) is 1.26. The molecule has 86 valence electrons. The number of aliphatic carboxylic acids is 1. The van der Waals surface area contributed by atoms with E-state index < -0.39 is 18.2 Å². The molecule has 0 aromatic carbocycles. The van der Waals surface area contributed by atoms with Gasteiger partial charge >= 0.3 is 5.97 Å². The summed E-state index contributed by atoms with van der Waals surface area (Å²) in [5.74, 6) is -0.273. The lowest BCUT2D eigenvalue weighted by Gasteiger charge is -1.97. The zero-order chi connectivity index (χ0) is 11.3. The number of thioether (sulfide) groups is 1. The highest BCUT2D eigenvalue weighted by atomic mass is 32.2. The van der Waals surface area contributed by atoms with E-state index in [0.717, 1.165) is 18.6 Å². The Morgan fingerprint density at radius 1 is 1.27 bits per heavy atom. The Kier molecular flexibility index (Phi) is 5.11. The fourth-order valence-corrected chi connectivity index (χ4v) is 2.16. The van der Waals surface area contributed by atoms with Gasteiger partial charge in [-0.2, -0.15) is 0 Å². The molecule has 1 saturated heterocycles. The Morgan fingerprint density at radius 3 is 2.53 bits per heavy atom. The van der Waals surface area contributed by atoms with Gasteiger partial charge in [0.1, 0.15) is 0 Å². The lowest BCUT2D eigenvalue weighted by Crippen LogP contribution is -2.13. The van der Waals surface area contributed by atoms with Gasteiger partial charge in [-0.1, -0.05) is 37.9 Å². The molecular formula is C10H16O4S. The number of carbonyl (C=O) groups is 2. The highest BCUT2D eigenvalue weighted by molar-refractivity contribution is 8.13. The van der Waals surface area contributed by atoms with Crippen LogP contribution in [-0.2, 0) is 14.3 Å². The van der Waals surface area contributed by atoms with Crippen LogP contribution in [-0.4, -0.2) is 34.2 Å². The second-order valence-electron chi connectivity index (χ2n) is 3.54. The van der Waals surface area contributed by atoms with E-state index in [0.29, 0.717) is 0 Å². The van der Waals surface area contributed by atoms with Crippen LogP contribution >= 0.6 is 11.8 Å². The van der Waals surface area contributed by atoms with Crippen LogP contribution in [0, 0.1) is 0 Å². The van der Waals surface area contributed by atoms with Gasteiger partial charge in [0.25, 0.3) is 0 Å². The highest BCUT2D eigenvalue weighted by Crippen LogP contribution is 2.27. The third-order valence-corrected chi connectivity index (χ3v) is 3.22. The van der Waals surface area contributed by atoms with E-state index in [4.69, 9.17) is 9.84 Å². The number of carboxylic acid groups (broad SMARTS) is 1. The summed E-state index contributed by atoms with van der Waals surface area (Å²) >= 11 is 1.19. The molecule has 1 N–H and O–H groups in total. The molecule has 0 bridgehead atoms. The van der Waals surface area contributed by atoms with Crippen LogP contribution in [0.3, 0.4) is 0 Å². The first kappa shape index (κ1) is 12.5. The molecule has 0 aliphatic carbocycles. The molecule has 0 aromatic heterocycles. The Bertz CT molecular complexity index is 242. The number of epoxide rings is 1. The second-order valence-corrected chi connectivity index (χ2v) is 4.64. The summed E-state index contributed by atoms with van der Waals surface area (Å²) in [5.41, 5.74) is 0. The molecular weight excluding hydrogens is 216 g/mol. The zero-order valence-electron chi connectivity index (χ0n) is 8.77. The Morgan fingerprint density at radius 2 is 2.00 bits per heavy atom. The maximum absolute atomic E-state index is 11.3. The number of carboxylic acids is 1. The SMILES string of the molecule is CCCCCCSC(=O)C1OC1C(=O)O. The molecule has 0 radical (unpaired) electrons. The molecule has 4 nitrogen and oxygen atoms in total. The van der Waals surface area contributed by atoms with Crippen molar-refractivity contribution in [2.75, 3.05) is 5.75 Å². The Hall–Kier alpha value is -0.550. The van der Waals surface area contributed by atoms with Gasteiger partial charge < -0.3 is 9.84 Å². The van der Waals surface area contributed by atoms with Gasteiger partial charge in [0.05, 0.1) is 0 Å². The molecule has 1 heterocycles. The van der Waals surface area contributed by atoms with Crippen molar-refractivity contribution >= 4 is 22.8 Å². The number of hydrogen-bond donors (Lipinski definition) is 1. The van der Waals surface area contributed by atoms with Crippen LogP contribution in [0.25, 0.3) is 0 Å². The quantitative estimate of drug-likeness (QED) is 0.534. The molecule has 1 rings (SSSR count). The topological polar surface area (TPSA) is 66.9 Å². The van der Waals surface area contributed by atoms with Crippen LogP contribution in [0.2, 0.25) is 0 Å². The van der Waals surface area contributed by atoms with E-state index in [1.165, 1.54) is 24.6 Å². The van der Waals surface area contributed by atoms with Crippen molar-refractivity contribution in [3.8, 4) is 0 Å². The number of ether oxygens (including phenoxy) is 1. The van der Waals surface area contributed by atoms with E-state index in [1.54, 1.807) is 0 Å². The number of rotatable bonds is 7. The summed E-state index contributed by atoms with van der Waals surface area (Å²) in [7, 11) is 0. The first-order valence-electron chi connectivity index (χ1n) is 5.21. The van der Waals surface area contributed by atoms with Gasteiger partial charge in [0.2, 0.25) is 5.12 Å². The second kappa shape index (κ2) is 6.12. The van der Waals surface area contributed by atoms with Gasteiger partial charge in [0.15, 0.2) is 12.2 Å². The molecule has 0 amide bonds. The number of carbonyl (C=O) groups excluding carboxylic acids is 1. The van der Waals surface area contributed by atoms with Crippen LogP contribution < -0.4 is 0 Å². The first-order chi connectivity index (χ1) is 7.16. The van der Waals surface area contributed by atoms with Gasteiger partial charge in [-0.05, 0) is 6.42 Å². The van der Waals surface area contributed by atoms with Crippen LogP contribution in [0.4, 0.5) is 0 Å². The normalized spacial score (nSPS) is 23.8. The van der Waals surface area contributed by atoms with Gasteiger partial charge in [0, 0.05) is 5.75 Å². The monoisotopic (exact) mass is 232 g/mol. The minimum absolute atomic E-state index is 0.140. The van der Waals surface area contributed by atoms with Crippen molar-refractivity contribution < 1.29 is 19.4 Å². The Labute approximate surface area is 93.4 Å². The van der Waals surface area contributed by atoms with E-state index >= 15 is 0 Å². The minimum Gasteiger partial charge on any atom is -0.479 e. The number of hydrogen-bond acceptors (Lipinski definition) is 4. The van der Waals surface area contributed by atoms with Crippen molar-refractivity contribution in [3.63, 3.8) is 0 Å². The molecule has 2 unspecified atom stereocenters. The maximum Gasteiger partial charge on any atom is 0.336 e. The lowest BCUT2D eigenvalue weighted by molar-refractivity contribution is -0.138. The summed E-state index contributed by atoms with van der Waals surface area (Å²) in [5, 5.41) is 8.39. The van der Waals surface area contributed by atoms with Crippen molar-refractivity contribution in [2.45, 2.75) is 44.8 Å². The molecule has 1 aliphatic rings. The minimum atomic E-state index is -1.04. The van der Waals surface area contributed by atoms with Crippen molar-refractivity contribution in [1.29, 1.82) is 0 Å². The smallest absolute Gasteiger partial charge is 0.336 e. The molecule has 1 aliphatic heterocycles. The third-order valence-electron chi connectivity index (χ3n) is 2.21. The van der Waals surface area contributed by atoms with E-state index in [2.05, 4.69) is 6.92 Å². The summed E-state index contributed by atoms with van der Waals surface area (Å²) in [4.78, 5) is 21.7. The summed E-state index contributed by atoms with van der Waals surface area (Å²) in [6.07, 6.45) is 2.91. The molecule has 5 heteroatoms. The third kappa shape index (κ3) is 4.22. The first-order valence-corrected chi connectivity index (χ1v) is 6.20. The molecule has 1 fully saturated rings. The summed E-state index contributed by atoms with van der Waals surface area (Å²) in [6, 6.07) is 0. The fraction of sp³-hybridized carbons (Fsp3) is 0.800. The molecule has 0 aromatic rings.